The van der Waals surface area contributed by atoms with Gasteiger partial charge in [-0.2, -0.15) is 0 Å². The minimum Gasteiger partial charge on any atom is -0.482 e. The van der Waals surface area contributed by atoms with Crippen molar-refractivity contribution in [2.75, 3.05) is 39.5 Å². The SMILES string of the molecule is O=C(ONCl)C1C=CC=CO1.OCCN(CCO)CCO. The number of carbonyl (C=O) groups is 1. The fourth-order valence-electron chi connectivity index (χ4n) is 1.38. The Kier molecular flexibility index (Phi) is 13.0. The number of nitrogens with one attached hydrogen (secondary N) is 1. The average Bonchev–Trinajstić information content (AvgIpc) is 2.50. The smallest absolute Gasteiger partial charge is 0.371 e. The molecule has 0 aromatic rings. The number of hydrogen-bond donors (Lipinski definition) is 4. The van der Waals surface area contributed by atoms with Gasteiger partial charge in [0.05, 0.1) is 26.1 Å². The van der Waals surface area contributed by atoms with Gasteiger partial charge in [0.25, 0.3) is 0 Å². The second kappa shape index (κ2) is 13.8. The van der Waals surface area contributed by atoms with Gasteiger partial charge in [-0.1, -0.05) is 11.1 Å². The lowest BCUT2D eigenvalue weighted by atomic mass is 10.3. The fourth-order valence-corrected chi connectivity index (χ4v) is 1.45. The maximum absolute atomic E-state index is 10.8. The summed E-state index contributed by atoms with van der Waals surface area (Å²) in [6.07, 6.45) is 5.60. The molecule has 1 atom stereocenters. The molecule has 0 saturated heterocycles. The molecule has 0 saturated carbocycles. The van der Waals surface area contributed by atoms with Crippen LogP contribution in [0.4, 0.5) is 0 Å². The van der Waals surface area contributed by atoms with Crippen molar-refractivity contribution in [3.63, 3.8) is 0 Å². The fraction of sp³-hybridized carbons (Fsp3) is 0.583. The summed E-state index contributed by atoms with van der Waals surface area (Å²) in [7, 11) is 0. The Hall–Kier alpha value is -1.16. The molecular weight excluding hydrogens is 304 g/mol. The van der Waals surface area contributed by atoms with E-state index in [-0.39, 0.29) is 19.8 Å². The first-order valence-electron chi connectivity index (χ1n) is 6.29. The van der Waals surface area contributed by atoms with Crippen LogP contribution in [0, 0.1) is 0 Å². The molecule has 4 N–H and O–H groups in total. The molecule has 1 heterocycles. The normalized spacial score (nSPS) is 16.1. The van der Waals surface area contributed by atoms with Crippen molar-refractivity contribution < 1.29 is 29.7 Å². The first kappa shape index (κ1) is 19.8. The maximum atomic E-state index is 10.8. The van der Waals surface area contributed by atoms with Gasteiger partial charge >= 0.3 is 5.97 Å². The lowest BCUT2D eigenvalue weighted by Crippen LogP contribution is -2.32. The Morgan fingerprint density at radius 3 is 2.14 bits per heavy atom. The highest BCUT2D eigenvalue weighted by Gasteiger charge is 2.18. The van der Waals surface area contributed by atoms with Crippen LogP contribution in [0.25, 0.3) is 0 Å². The third kappa shape index (κ3) is 10.2. The van der Waals surface area contributed by atoms with E-state index in [4.69, 9.17) is 31.8 Å². The van der Waals surface area contributed by atoms with Gasteiger partial charge in [0, 0.05) is 31.4 Å². The number of aliphatic hydroxyl groups is 3. The Morgan fingerprint density at radius 1 is 1.19 bits per heavy atom. The number of nitrogens with zero attached hydrogens (tertiary/aromatic N) is 1. The Labute approximate surface area is 128 Å². The standard InChI is InChI=1S/C6H6ClNO3.C6H15NO3/c7-8-11-6(9)5-3-1-2-4-10-5;8-4-1-7(2-5-9)3-6-10/h1-5,8H;8-10H,1-6H2. The van der Waals surface area contributed by atoms with Crippen molar-refractivity contribution in [2.45, 2.75) is 6.10 Å². The van der Waals surface area contributed by atoms with E-state index in [1.54, 1.807) is 28.1 Å². The molecule has 0 amide bonds. The summed E-state index contributed by atoms with van der Waals surface area (Å²) < 4.78 is 4.85. The van der Waals surface area contributed by atoms with E-state index in [1.807, 2.05) is 0 Å². The molecule has 0 spiro atoms. The van der Waals surface area contributed by atoms with E-state index in [1.165, 1.54) is 6.26 Å². The zero-order valence-electron chi connectivity index (χ0n) is 11.5. The molecule has 1 aliphatic heterocycles. The number of rotatable bonds is 8. The second-order valence-electron chi connectivity index (χ2n) is 3.78. The summed E-state index contributed by atoms with van der Waals surface area (Å²) in [5, 5.41) is 25.5. The van der Waals surface area contributed by atoms with Gasteiger partial charge in [-0.05, 0) is 12.2 Å². The molecule has 0 bridgehead atoms. The molecule has 9 heteroatoms. The average molecular weight is 325 g/mol. The third-order valence-corrected chi connectivity index (χ3v) is 2.40. The van der Waals surface area contributed by atoms with Gasteiger partial charge in [0.15, 0.2) is 0 Å². The van der Waals surface area contributed by atoms with E-state index in [2.05, 4.69) is 4.84 Å². The van der Waals surface area contributed by atoms with Crippen molar-refractivity contribution >= 4 is 17.7 Å². The molecule has 1 rings (SSSR count). The Bertz CT molecular complexity index is 313. The van der Waals surface area contributed by atoms with Gasteiger partial charge < -0.3 is 24.9 Å². The zero-order valence-corrected chi connectivity index (χ0v) is 12.3. The van der Waals surface area contributed by atoms with Crippen LogP contribution in [0.3, 0.4) is 0 Å². The number of halogens is 1. The van der Waals surface area contributed by atoms with Gasteiger partial charge in [-0.3, -0.25) is 4.90 Å². The number of aliphatic hydroxyl groups excluding tert-OH is 3. The van der Waals surface area contributed by atoms with Crippen LogP contribution in [-0.2, 0) is 14.4 Å². The predicted molar refractivity (Wildman–Crippen MR) is 75.9 cm³/mol. The topological polar surface area (TPSA) is 111 Å². The van der Waals surface area contributed by atoms with Gasteiger partial charge in [0.2, 0.25) is 6.10 Å². The van der Waals surface area contributed by atoms with Crippen molar-refractivity contribution in [3.8, 4) is 0 Å². The van der Waals surface area contributed by atoms with Gasteiger partial charge in [-0.15, -0.1) is 0 Å². The minimum atomic E-state index is -0.703. The first-order valence-corrected chi connectivity index (χ1v) is 6.67. The van der Waals surface area contributed by atoms with E-state index >= 15 is 0 Å². The van der Waals surface area contributed by atoms with Crippen LogP contribution in [0.1, 0.15) is 0 Å². The molecule has 0 aromatic heterocycles. The molecule has 21 heavy (non-hydrogen) atoms. The van der Waals surface area contributed by atoms with Crippen LogP contribution in [0.2, 0.25) is 0 Å². The quantitative estimate of drug-likeness (QED) is 0.330. The first-order chi connectivity index (χ1) is 10.2. The summed E-state index contributed by atoms with van der Waals surface area (Å²) in [6.45, 7) is 1.75. The van der Waals surface area contributed by atoms with Crippen LogP contribution in [0.15, 0.2) is 24.5 Å². The van der Waals surface area contributed by atoms with E-state index < -0.39 is 12.1 Å². The molecular formula is C12H21ClN2O6. The van der Waals surface area contributed by atoms with Crippen molar-refractivity contribution in [1.82, 2.24) is 9.90 Å². The highest BCUT2D eigenvalue weighted by atomic mass is 35.5. The number of allylic oxidation sites excluding steroid dienone is 2. The van der Waals surface area contributed by atoms with Crippen LogP contribution in [-0.4, -0.2) is 71.7 Å². The molecule has 0 aromatic carbocycles. The minimum absolute atomic E-state index is 0.0694. The Balaban J connectivity index is 0.000000384. The highest BCUT2D eigenvalue weighted by molar-refractivity contribution is 6.13. The lowest BCUT2D eigenvalue weighted by Gasteiger charge is -2.17. The van der Waals surface area contributed by atoms with Crippen LogP contribution < -0.4 is 5.00 Å². The zero-order chi connectivity index (χ0) is 15.9. The molecule has 0 radical (unpaired) electrons. The number of hydrogen-bond acceptors (Lipinski definition) is 8. The lowest BCUT2D eigenvalue weighted by molar-refractivity contribution is -0.154. The van der Waals surface area contributed by atoms with E-state index in [0.29, 0.717) is 19.6 Å². The summed E-state index contributed by atoms with van der Waals surface area (Å²) in [5.41, 5.74) is 0. The van der Waals surface area contributed by atoms with E-state index in [9.17, 15) is 4.79 Å². The maximum Gasteiger partial charge on any atom is 0.371 e. The monoisotopic (exact) mass is 324 g/mol. The molecule has 1 unspecified atom stereocenters. The van der Waals surface area contributed by atoms with Crippen molar-refractivity contribution in [1.29, 1.82) is 0 Å². The predicted octanol–water partition coefficient (Wildman–Crippen LogP) is -1.08. The second-order valence-corrected chi connectivity index (χ2v) is 3.94. The summed E-state index contributed by atoms with van der Waals surface area (Å²) in [4.78, 5) is 18.6. The van der Waals surface area contributed by atoms with E-state index in [0.717, 1.165) is 0 Å². The van der Waals surface area contributed by atoms with Gasteiger partial charge in [0.1, 0.15) is 0 Å². The molecule has 122 valence electrons. The summed E-state index contributed by atoms with van der Waals surface area (Å²) >= 11 is 4.92. The van der Waals surface area contributed by atoms with Crippen molar-refractivity contribution in [3.05, 3.63) is 24.5 Å². The molecule has 8 nitrogen and oxygen atoms in total. The van der Waals surface area contributed by atoms with Crippen molar-refractivity contribution in [2.24, 2.45) is 0 Å². The Morgan fingerprint density at radius 2 is 1.76 bits per heavy atom. The van der Waals surface area contributed by atoms with Gasteiger partial charge in [-0.25, -0.2) is 4.79 Å². The third-order valence-electron chi connectivity index (χ3n) is 2.32. The largest absolute Gasteiger partial charge is 0.482 e. The highest BCUT2D eigenvalue weighted by Crippen LogP contribution is 2.03. The van der Waals surface area contributed by atoms with Crippen LogP contribution >= 0.6 is 11.8 Å². The number of ether oxygens (including phenoxy) is 1. The molecule has 0 fully saturated rings. The molecule has 0 aliphatic carbocycles. The molecule has 1 aliphatic rings. The van der Waals surface area contributed by atoms with Crippen LogP contribution in [0.5, 0.6) is 0 Å². The number of carbonyl (C=O) groups excluding carboxylic acids is 1. The summed E-state index contributed by atoms with van der Waals surface area (Å²) in [5.74, 6) is -0.583. The summed E-state index contributed by atoms with van der Waals surface area (Å²) in [6, 6.07) is 0.